The van der Waals surface area contributed by atoms with Gasteiger partial charge in [-0.05, 0) is 49.4 Å². The number of aromatic nitrogens is 3. The minimum absolute atomic E-state index is 0.102. The van der Waals surface area contributed by atoms with Crippen molar-refractivity contribution in [2.75, 3.05) is 19.4 Å². The smallest absolute Gasteiger partial charge is 0.321 e. The highest BCUT2D eigenvalue weighted by Crippen LogP contribution is 2.35. The number of amides is 3. The second-order valence-corrected chi connectivity index (χ2v) is 9.41. The first kappa shape index (κ1) is 24.1. The lowest BCUT2D eigenvalue weighted by atomic mass is 9.95. The van der Waals surface area contributed by atoms with Gasteiger partial charge in [0.15, 0.2) is 11.0 Å². The second kappa shape index (κ2) is 11.9. The van der Waals surface area contributed by atoms with E-state index in [9.17, 15) is 9.59 Å². The molecule has 1 fully saturated rings. The number of carbonyl (C=O) groups is 2. The van der Waals surface area contributed by atoms with E-state index < -0.39 is 6.03 Å². The zero-order chi connectivity index (χ0) is 22.9. The monoisotopic (exact) mass is 459 g/mol. The predicted molar refractivity (Wildman–Crippen MR) is 126 cm³/mol. The minimum atomic E-state index is -0.455. The molecule has 0 atom stereocenters. The largest absolute Gasteiger partial charge is 0.497 e. The van der Waals surface area contributed by atoms with Gasteiger partial charge in [-0.15, -0.1) is 10.2 Å². The molecule has 1 aromatic carbocycles. The van der Waals surface area contributed by atoms with Gasteiger partial charge in [0.2, 0.25) is 5.91 Å². The Morgan fingerprint density at radius 2 is 1.88 bits per heavy atom. The quantitative estimate of drug-likeness (QED) is 0.539. The Balaban J connectivity index is 1.68. The van der Waals surface area contributed by atoms with Crippen LogP contribution in [0.4, 0.5) is 4.79 Å². The number of hydrogen-bond donors (Lipinski definition) is 2. The third-order valence-electron chi connectivity index (χ3n) is 5.55. The number of ether oxygens (including phenoxy) is 1. The van der Waals surface area contributed by atoms with Crippen molar-refractivity contribution < 1.29 is 14.3 Å². The molecule has 3 amide bonds. The van der Waals surface area contributed by atoms with E-state index in [1.807, 2.05) is 24.3 Å². The molecule has 1 aliphatic rings. The molecule has 1 saturated carbocycles. The highest BCUT2D eigenvalue weighted by atomic mass is 32.2. The number of nitrogens with zero attached hydrogens (tertiary/aromatic N) is 3. The van der Waals surface area contributed by atoms with Crippen LogP contribution in [-0.4, -0.2) is 46.1 Å². The van der Waals surface area contributed by atoms with Crippen molar-refractivity contribution in [1.82, 2.24) is 25.4 Å². The lowest BCUT2D eigenvalue weighted by Crippen LogP contribution is -2.40. The second-order valence-electron chi connectivity index (χ2n) is 8.47. The maximum absolute atomic E-state index is 12.3. The molecule has 32 heavy (non-hydrogen) atoms. The molecule has 1 heterocycles. The predicted octanol–water partition coefficient (Wildman–Crippen LogP) is 4.42. The van der Waals surface area contributed by atoms with Gasteiger partial charge in [-0.1, -0.05) is 44.9 Å². The van der Waals surface area contributed by atoms with E-state index in [0.717, 1.165) is 36.4 Å². The molecule has 3 rings (SSSR count). The molecule has 2 aromatic rings. The number of carbonyl (C=O) groups excluding carboxylic acids is 2. The van der Waals surface area contributed by atoms with Gasteiger partial charge in [-0.25, -0.2) is 4.79 Å². The zero-order valence-corrected chi connectivity index (χ0v) is 19.9. The van der Waals surface area contributed by atoms with Crippen molar-refractivity contribution in [2.45, 2.75) is 63.6 Å². The number of nitrogens with one attached hydrogen (secondary N) is 2. The molecule has 0 spiro atoms. The topological polar surface area (TPSA) is 98.1 Å². The van der Waals surface area contributed by atoms with Crippen molar-refractivity contribution in [3.8, 4) is 17.1 Å². The zero-order valence-electron chi connectivity index (χ0n) is 19.1. The van der Waals surface area contributed by atoms with Gasteiger partial charge in [0.1, 0.15) is 5.75 Å². The van der Waals surface area contributed by atoms with Gasteiger partial charge in [0.05, 0.1) is 12.9 Å². The molecule has 1 aliphatic carbocycles. The average Bonchev–Trinajstić information content (AvgIpc) is 3.22. The summed E-state index contributed by atoms with van der Waals surface area (Å²) in [5, 5.41) is 14.7. The number of urea groups is 1. The fourth-order valence-electron chi connectivity index (χ4n) is 3.79. The van der Waals surface area contributed by atoms with Crippen LogP contribution in [-0.2, 0) is 4.79 Å². The van der Waals surface area contributed by atoms with Crippen LogP contribution in [0.15, 0.2) is 29.4 Å². The molecule has 0 unspecified atom stereocenters. The van der Waals surface area contributed by atoms with E-state index in [4.69, 9.17) is 4.74 Å². The summed E-state index contributed by atoms with van der Waals surface area (Å²) in [6.45, 7) is 4.72. The van der Waals surface area contributed by atoms with E-state index in [0.29, 0.717) is 23.7 Å². The number of hydrogen-bond acceptors (Lipinski definition) is 6. The standard InChI is InChI=1S/C23H33N5O3S/c1-16(2)13-14-24-22(30)25-20(29)15-32-23-27-26-21(17-9-11-19(31-3)12-10-17)28(23)18-7-5-4-6-8-18/h9-12,16,18H,4-8,13-15H2,1-3H3,(H2,24,25,29,30). The third kappa shape index (κ3) is 6.72. The van der Waals surface area contributed by atoms with E-state index in [2.05, 4.69) is 39.2 Å². The molecule has 1 aromatic heterocycles. The van der Waals surface area contributed by atoms with Crippen molar-refractivity contribution in [3.63, 3.8) is 0 Å². The molecule has 0 bridgehead atoms. The van der Waals surface area contributed by atoms with Crippen LogP contribution in [0.2, 0.25) is 0 Å². The number of methoxy groups -OCH3 is 1. The van der Waals surface area contributed by atoms with Gasteiger partial charge >= 0.3 is 6.03 Å². The number of imide groups is 1. The molecule has 9 heteroatoms. The summed E-state index contributed by atoms with van der Waals surface area (Å²) in [5.41, 5.74) is 0.963. The Morgan fingerprint density at radius 3 is 2.53 bits per heavy atom. The number of benzene rings is 1. The Labute approximate surface area is 193 Å². The van der Waals surface area contributed by atoms with E-state index in [1.54, 1.807) is 7.11 Å². The third-order valence-corrected chi connectivity index (χ3v) is 6.49. The van der Waals surface area contributed by atoms with Crippen molar-refractivity contribution in [2.24, 2.45) is 5.92 Å². The lowest BCUT2D eigenvalue weighted by molar-refractivity contribution is -0.117. The minimum Gasteiger partial charge on any atom is -0.497 e. The van der Waals surface area contributed by atoms with Gasteiger partial charge in [0, 0.05) is 18.2 Å². The summed E-state index contributed by atoms with van der Waals surface area (Å²) < 4.78 is 7.43. The first-order valence-corrected chi connectivity index (χ1v) is 12.3. The fourth-order valence-corrected chi connectivity index (χ4v) is 4.60. The van der Waals surface area contributed by atoms with Gasteiger partial charge in [0.25, 0.3) is 0 Å². The molecule has 0 radical (unpaired) electrons. The van der Waals surface area contributed by atoms with Gasteiger partial charge in [-0.3, -0.25) is 14.7 Å². The Bertz CT molecular complexity index is 892. The van der Waals surface area contributed by atoms with Crippen LogP contribution in [0.5, 0.6) is 5.75 Å². The van der Waals surface area contributed by atoms with E-state index >= 15 is 0 Å². The highest BCUT2D eigenvalue weighted by molar-refractivity contribution is 7.99. The van der Waals surface area contributed by atoms with E-state index in [1.165, 1.54) is 31.0 Å². The summed E-state index contributed by atoms with van der Waals surface area (Å²) in [4.78, 5) is 24.2. The fraction of sp³-hybridized carbons (Fsp3) is 0.565. The summed E-state index contributed by atoms with van der Waals surface area (Å²) in [6, 6.07) is 7.63. The maximum atomic E-state index is 12.3. The van der Waals surface area contributed by atoms with Crippen molar-refractivity contribution in [3.05, 3.63) is 24.3 Å². The van der Waals surface area contributed by atoms with E-state index in [-0.39, 0.29) is 11.7 Å². The van der Waals surface area contributed by atoms with Gasteiger partial charge in [-0.2, -0.15) is 0 Å². The summed E-state index contributed by atoms with van der Waals surface area (Å²) in [5.74, 6) is 1.84. The normalized spacial score (nSPS) is 14.4. The Morgan fingerprint density at radius 1 is 1.16 bits per heavy atom. The molecule has 0 saturated heterocycles. The van der Waals surface area contributed by atoms with Crippen molar-refractivity contribution in [1.29, 1.82) is 0 Å². The Kier molecular flexibility index (Phi) is 8.96. The average molecular weight is 460 g/mol. The lowest BCUT2D eigenvalue weighted by Gasteiger charge is -2.25. The molecule has 0 aliphatic heterocycles. The summed E-state index contributed by atoms with van der Waals surface area (Å²) >= 11 is 1.32. The van der Waals surface area contributed by atoms with Crippen molar-refractivity contribution >= 4 is 23.7 Å². The molecule has 174 valence electrons. The molecular weight excluding hydrogens is 426 g/mol. The summed E-state index contributed by atoms with van der Waals surface area (Å²) in [7, 11) is 1.64. The van der Waals surface area contributed by atoms with Crippen LogP contribution in [0.25, 0.3) is 11.4 Å². The van der Waals surface area contributed by atoms with Crippen LogP contribution >= 0.6 is 11.8 Å². The maximum Gasteiger partial charge on any atom is 0.321 e. The highest BCUT2D eigenvalue weighted by Gasteiger charge is 2.24. The SMILES string of the molecule is COc1ccc(-c2nnc(SCC(=O)NC(=O)NCCC(C)C)n2C2CCCCC2)cc1. The molecular formula is C23H33N5O3S. The van der Waals surface area contributed by atoms with Crippen LogP contribution in [0, 0.1) is 5.92 Å². The number of rotatable bonds is 9. The van der Waals surface area contributed by atoms with Crippen LogP contribution < -0.4 is 15.4 Å². The first-order valence-electron chi connectivity index (χ1n) is 11.3. The van der Waals surface area contributed by atoms with Gasteiger partial charge < -0.3 is 10.1 Å². The molecule has 2 N–H and O–H groups in total. The first-order chi connectivity index (χ1) is 15.5. The van der Waals surface area contributed by atoms with Crippen LogP contribution in [0.1, 0.15) is 58.4 Å². The number of thioether (sulfide) groups is 1. The molecule has 8 nitrogen and oxygen atoms in total. The van der Waals surface area contributed by atoms with Crippen LogP contribution in [0.3, 0.4) is 0 Å². The Hall–Kier alpha value is -2.55. The summed E-state index contributed by atoms with van der Waals surface area (Å²) in [6.07, 6.45) is 6.60.